The van der Waals surface area contributed by atoms with Crippen LogP contribution in [-0.2, 0) is 19.1 Å². The van der Waals surface area contributed by atoms with Crippen LogP contribution in [0.3, 0.4) is 0 Å². The van der Waals surface area contributed by atoms with Gasteiger partial charge < -0.3 is 20.1 Å². The molecule has 2 atom stereocenters. The van der Waals surface area contributed by atoms with E-state index in [4.69, 9.17) is 4.74 Å². The lowest BCUT2D eigenvalue weighted by Crippen LogP contribution is -2.57. The first-order chi connectivity index (χ1) is 10.9. The van der Waals surface area contributed by atoms with Crippen LogP contribution in [0.2, 0.25) is 0 Å². The monoisotopic (exact) mass is 328 g/mol. The van der Waals surface area contributed by atoms with Crippen LogP contribution in [0, 0.1) is 0 Å². The van der Waals surface area contributed by atoms with Gasteiger partial charge in [0.25, 0.3) is 0 Å². The number of nitrogens with zero attached hydrogens (tertiary/aromatic N) is 1. The van der Waals surface area contributed by atoms with E-state index in [0.717, 1.165) is 0 Å². The highest BCUT2D eigenvalue weighted by Gasteiger charge is 2.49. The summed E-state index contributed by atoms with van der Waals surface area (Å²) in [5.41, 5.74) is -1.08. The smallest absolute Gasteiger partial charge is 0.329 e. The molecule has 1 heterocycles. The largest absolute Gasteiger partial charge is 0.479 e. The van der Waals surface area contributed by atoms with Gasteiger partial charge in [-0.25, -0.2) is 4.79 Å². The molecule has 2 N–H and O–H groups in total. The minimum atomic E-state index is -1.08. The molecule has 0 saturated carbocycles. The first-order valence-corrected chi connectivity index (χ1v) is 8.33. The van der Waals surface area contributed by atoms with E-state index in [2.05, 4.69) is 5.32 Å². The number of carbonyl (C=O) groups is 3. The maximum atomic E-state index is 12.6. The molecule has 1 saturated heterocycles. The van der Waals surface area contributed by atoms with Crippen molar-refractivity contribution in [2.75, 3.05) is 19.7 Å². The molecule has 1 rings (SSSR count). The van der Waals surface area contributed by atoms with Crippen LogP contribution in [0.25, 0.3) is 0 Å². The number of nitrogens with one attached hydrogen (secondary N) is 1. The molecular formula is C16H28N2O5. The predicted molar refractivity (Wildman–Crippen MR) is 84.9 cm³/mol. The molecule has 0 aromatic heterocycles. The van der Waals surface area contributed by atoms with Crippen molar-refractivity contribution in [1.29, 1.82) is 0 Å². The van der Waals surface area contributed by atoms with Gasteiger partial charge in [0, 0.05) is 13.1 Å². The number of likely N-dealkylation sites (tertiary alicyclic amines) is 1. The summed E-state index contributed by atoms with van der Waals surface area (Å²) in [6.07, 6.45) is 2.56. The molecule has 0 aromatic carbocycles. The van der Waals surface area contributed by atoms with Crippen LogP contribution in [0.15, 0.2) is 0 Å². The number of carboxylic acid groups (broad SMARTS) is 1. The van der Waals surface area contributed by atoms with E-state index in [1.807, 2.05) is 6.92 Å². The van der Waals surface area contributed by atoms with E-state index in [-0.39, 0.29) is 18.3 Å². The maximum Gasteiger partial charge on any atom is 0.329 e. The van der Waals surface area contributed by atoms with E-state index in [1.165, 1.54) is 4.90 Å². The summed E-state index contributed by atoms with van der Waals surface area (Å²) >= 11 is 0. The number of aliphatic carboxylic acids is 1. The summed E-state index contributed by atoms with van der Waals surface area (Å²) < 4.78 is 4.83. The van der Waals surface area contributed by atoms with Crippen molar-refractivity contribution in [3.8, 4) is 0 Å². The molecule has 1 aliphatic heterocycles. The van der Waals surface area contributed by atoms with Crippen LogP contribution in [0.5, 0.6) is 0 Å². The zero-order chi connectivity index (χ0) is 17.5. The maximum absolute atomic E-state index is 12.6. The first-order valence-electron chi connectivity index (χ1n) is 8.33. The molecule has 132 valence electrons. The fourth-order valence-corrected chi connectivity index (χ4v) is 3.15. The Morgan fingerprint density at radius 3 is 2.61 bits per heavy atom. The van der Waals surface area contributed by atoms with Gasteiger partial charge in [-0.2, -0.15) is 0 Å². The second-order valence-electron chi connectivity index (χ2n) is 5.91. The first kappa shape index (κ1) is 19.4. The van der Waals surface area contributed by atoms with Crippen molar-refractivity contribution in [2.24, 2.45) is 0 Å². The molecule has 0 spiro atoms. The molecule has 7 heteroatoms. The molecule has 0 bridgehead atoms. The lowest BCUT2D eigenvalue weighted by Gasteiger charge is -2.36. The van der Waals surface area contributed by atoms with Crippen molar-refractivity contribution < 1.29 is 24.2 Å². The highest BCUT2D eigenvalue weighted by atomic mass is 16.5. The minimum Gasteiger partial charge on any atom is -0.479 e. The van der Waals surface area contributed by atoms with Crippen molar-refractivity contribution in [3.63, 3.8) is 0 Å². The van der Waals surface area contributed by atoms with E-state index >= 15 is 0 Å². The Bertz CT molecular complexity index is 440. The number of rotatable bonds is 9. The lowest BCUT2D eigenvalue weighted by atomic mass is 9.90. The highest BCUT2D eigenvalue weighted by molar-refractivity contribution is 5.90. The lowest BCUT2D eigenvalue weighted by molar-refractivity contribution is -0.157. The number of esters is 1. The van der Waals surface area contributed by atoms with E-state index in [9.17, 15) is 19.5 Å². The van der Waals surface area contributed by atoms with Crippen molar-refractivity contribution in [1.82, 2.24) is 10.2 Å². The predicted octanol–water partition coefficient (Wildman–Crippen LogP) is 1.16. The normalized spacial score (nSPS) is 22.0. The van der Waals surface area contributed by atoms with Gasteiger partial charge in [-0.3, -0.25) is 9.59 Å². The van der Waals surface area contributed by atoms with Gasteiger partial charge in [0.05, 0.1) is 19.1 Å². The quantitative estimate of drug-likeness (QED) is 0.617. The van der Waals surface area contributed by atoms with E-state index in [1.54, 1.807) is 13.8 Å². The number of hydrogen-bond acceptors (Lipinski definition) is 5. The Balaban J connectivity index is 2.63. The molecule has 7 nitrogen and oxygen atoms in total. The third-order valence-electron chi connectivity index (χ3n) is 4.27. The number of amides is 1. The molecule has 23 heavy (non-hydrogen) atoms. The summed E-state index contributed by atoms with van der Waals surface area (Å²) in [7, 11) is 0. The molecule has 0 unspecified atom stereocenters. The Hall–Kier alpha value is -1.63. The minimum absolute atomic E-state index is 0.185. The fraction of sp³-hybridized carbons (Fsp3) is 0.812. The average molecular weight is 328 g/mol. The standard InChI is InChI=1S/C16H28N2O5/c1-4-8-16(15(21)22)9-6-11-18(16)14(20)12(3)17-10-7-13(19)23-5-2/h12,17H,4-11H2,1-3H3,(H,21,22)/t12-,16-/m0/s1. The van der Waals surface area contributed by atoms with E-state index in [0.29, 0.717) is 45.4 Å². The summed E-state index contributed by atoms with van der Waals surface area (Å²) in [6, 6.07) is -0.530. The van der Waals surface area contributed by atoms with Gasteiger partial charge >= 0.3 is 11.9 Å². The third kappa shape index (κ3) is 4.67. The zero-order valence-corrected chi connectivity index (χ0v) is 14.3. The number of carbonyl (C=O) groups excluding carboxylic acids is 2. The number of carboxylic acids is 1. The van der Waals surface area contributed by atoms with Crippen molar-refractivity contribution in [3.05, 3.63) is 0 Å². The Labute approximate surface area is 137 Å². The van der Waals surface area contributed by atoms with Crippen LogP contribution in [-0.4, -0.2) is 59.1 Å². The van der Waals surface area contributed by atoms with Gasteiger partial charge in [0.15, 0.2) is 0 Å². The molecule has 1 fully saturated rings. The van der Waals surface area contributed by atoms with Crippen molar-refractivity contribution >= 4 is 17.8 Å². The summed E-state index contributed by atoms with van der Waals surface area (Å²) in [6.45, 7) is 6.49. The van der Waals surface area contributed by atoms with Gasteiger partial charge in [-0.05, 0) is 33.1 Å². The molecular weight excluding hydrogens is 300 g/mol. The second kappa shape index (κ2) is 8.86. The molecule has 0 radical (unpaired) electrons. The average Bonchev–Trinajstić information content (AvgIpc) is 2.92. The third-order valence-corrected chi connectivity index (χ3v) is 4.27. The fourth-order valence-electron chi connectivity index (χ4n) is 3.15. The number of hydrogen-bond donors (Lipinski definition) is 2. The van der Waals surface area contributed by atoms with Crippen LogP contribution >= 0.6 is 0 Å². The highest BCUT2D eigenvalue weighted by Crippen LogP contribution is 2.34. The summed E-state index contributed by atoms with van der Waals surface area (Å²) in [4.78, 5) is 37.2. The molecule has 0 aliphatic carbocycles. The van der Waals surface area contributed by atoms with E-state index < -0.39 is 17.6 Å². The topological polar surface area (TPSA) is 95.9 Å². The van der Waals surface area contributed by atoms with Crippen LogP contribution in [0.1, 0.15) is 52.9 Å². The zero-order valence-electron chi connectivity index (χ0n) is 14.3. The Morgan fingerprint density at radius 2 is 2.04 bits per heavy atom. The van der Waals surface area contributed by atoms with Crippen molar-refractivity contribution in [2.45, 2.75) is 64.5 Å². The molecule has 0 aromatic rings. The number of ether oxygens (including phenoxy) is 1. The van der Waals surface area contributed by atoms with Gasteiger partial charge in [-0.15, -0.1) is 0 Å². The van der Waals surface area contributed by atoms with Crippen LogP contribution in [0.4, 0.5) is 0 Å². The van der Waals surface area contributed by atoms with Crippen LogP contribution < -0.4 is 5.32 Å². The molecule has 1 amide bonds. The Kier molecular flexibility index (Phi) is 7.48. The second-order valence-corrected chi connectivity index (χ2v) is 5.91. The van der Waals surface area contributed by atoms with Gasteiger partial charge in [0.2, 0.25) is 5.91 Å². The summed E-state index contributed by atoms with van der Waals surface area (Å²) in [5, 5.41) is 12.6. The molecule has 1 aliphatic rings. The Morgan fingerprint density at radius 1 is 1.35 bits per heavy atom. The summed E-state index contributed by atoms with van der Waals surface area (Å²) in [5.74, 6) is -1.46. The van der Waals surface area contributed by atoms with Gasteiger partial charge in [0.1, 0.15) is 5.54 Å². The SMILES string of the molecule is CCC[C@@]1(C(=O)O)CCCN1C(=O)[C@H](C)NCCC(=O)OCC. The van der Waals surface area contributed by atoms with Gasteiger partial charge in [-0.1, -0.05) is 13.3 Å².